The minimum atomic E-state index is -0.327. The van der Waals surface area contributed by atoms with E-state index in [-0.39, 0.29) is 6.10 Å². The van der Waals surface area contributed by atoms with Gasteiger partial charge in [-0.1, -0.05) is 54.6 Å². The highest BCUT2D eigenvalue weighted by molar-refractivity contribution is 5.29. The van der Waals surface area contributed by atoms with Gasteiger partial charge in [0.1, 0.15) is 0 Å². The molecule has 2 aromatic rings. The predicted octanol–water partition coefficient (Wildman–Crippen LogP) is 4.62. The summed E-state index contributed by atoms with van der Waals surface area (Å²) in [5.41, 5.74) is 3.84. The van der Waals surface area contributed by atoms with Gasteiger partial charge in [0.15, 0.2) is 0 Å². The number of hydrogen-bond donors (Lipinski definition) is 1. The molecule has 0 bridgehead atoms. The molecule has 1 saturated carbocycles. The summed E-state index contributed by atoms with van der Waals surface area (Å²) in [5.74, 6) is 0.791. The predicted molar refractivity (Wildman–Crippen MR) is 82.8 cm³/mol. The first-order chi connectivity index (χ1) is 9.83. The fraction of sp³-hybridized carbons (Fsp3) is 0.368. The molecule has 0 amide bonds. The highest BCUT2D eigenvalue weighted by atomic mass is 16.3. The van der Waals surface area contributed by atoms with Crippen molar-refractivity contribution < 1.29 is 5.11 Å². The standard InChI is InChI=1S/C19H22O/c20-19(8-4-7-15-5-2-1-3-6-15)18-13-11-17(12-14-18)16-9-10-16/h1-3,5-6,11-14,16,19-20H,4,7-10H2. The van der Waals surface area contributed by atoms with Gasteiger partial charge in [-0.05, 0) is 54.7 Å². The monoisotopic (exact) mass is 266 g/mol. The summed E-state index contributed by atoms with van der Waals surface area (Å²) in [5, 5.41) is 10.2. The second-order valence-electron chi connectivity index (χ2n) is 5.83. The molecule has 0 spiro atoms. The molecular weight excluding hydrogens is 244 g/mol. The third-order valence-electron chi connectivity index (χ3n) is 4.16. The van der Waals surface area contributed by atoms with Crippen molar-refractivity contribution in [3.63, 3.8) is 0 Å². The highest BCUT2D eigenvalue weighted by Crippen LogP contribution is 2.40. The van der Waals surface area contributed by atoms with Gasteiger partial charge in [-0.3, -0.25) is 0 Å². The Labute approximate surface area is 121 Å². The smallest absolute Gasteiger partial charge is 0.0790 e. The quantitative estimate of drug-likeness (QED) is 0.809. The van der Waals surface area contributed by atoms with Crippen LogP contribution in [0.5, 0.6) is 0 Å². The van der Waals surface area contributed by atoms with Crippen LogP contribution in [-0.2, 0) is 6.42 Å². The van der Waals surface area contributed by atoms with Crippen molar-refractivity contribution in [1.82, 2.24) is 0 Å². The van der Waals surface area contributed by atoms with Crippen molar-refractivity contribution in [1.29, 1.82) is 0 Å². The average molecular weight is 266 g/mol. The lowest BCUT2D eigenvalue weighted by Gasteiger charge is -2.11. The van der Waals surface area contributed by atoms with Gasteiger partial charge in [0, 0.05) is 0 Å². The summed E-state index contributed by atoms with van der Waals surface area (Å²) in [6.45, 7) is 0. The third-order valence-corrected chi connectivity index (χ3v) is 4.16. The molecule has 1 fully saturated rings. The highest BCUT2D eigenvalue weighted by Gasteiger charge is 2.23. The van der Waals surface area contributed by atoms with Crippen LogP contribution in [0, 0.1) is 0 Å². The van der Waals surface area contributed by atoms with E-state index < -0.39 is 0 Å². The van der Waals surface area contributed by atoms with E-state index in [4.69, 9.17) is 0 Å². The summed E-state index contributed by atoms with van der Waals surface area (Å²) in [6.07, 6.45) is 5.23. The molecule has 1 heteroatoms. The van der Waals surface area contributed by atoms with Crippen LogP contribution in [0.15, 0.2) is 54.6 Å². The number of benzene rings is 2. The molecule has 1 aliphatic rings. The molecule has 1 N–H and O–H groups in total. The lowest BCUT2D eigenvalue weighted by atomic mass is 9.99. The minimum absolute atomic E-state index is 0.327. The molecule has 0 saturated heterocycles. The van der Waals surface area contributed by atoms with Crippen LogP contribution in [0.25, 0.3) is 0 Å². The zero-order valence-electron chi connectivity index (χ0n) is 11.8. The molecular formula is C19H22O. The molecule has 0 aromatic heterocycles. The maximum absolute atomic E-state index is 10.2. The van der Waals surface area contributed by atoms with E-state index in [0.717, 1.165) is 30.7 Å². The van der Waals surface area contributed by atoms with Gasteiger partial charge in [0.25, 0.3) is 0 Å². The minimum Gasteiger partial charge on any atom is -0.388 e. The number of aliphatic hydroxyl groups excluding tert-OH is 1. The number of hydrogen-bond acceptors (Lipinski definition) is 1. The van der Waals surface area contributed by atoms with Crippen LogP contribution in [-0.4, -0.2) is 5.11 Å². The molecule has 3 rings (SSSR count). The first kappa shape index (κ1) is 13.4. The van der Waals surface area contributed by atoms with Gasteiger partial charge in [0.2, 0.25) is 0 Å². The van der Waals surface area contributed by atoms with Crippen molar-refractivity contribution in [3.8, 4) is 0 Å². The van der Waals surface area contributed by atoms with Crippen molar-refractivity contribution in [2.24, 2.45) is 0 Å². The maximum atomic E-state index is 10.2. The average Bonchev–Trinajstić information content (AvgIpc) is 3.33. The van der Waals surface area contributed by atoms with E-state index in [0.29, 0.717) is 0 Å². The van der Waals surface area contributed by atoms with Gasteiger partial charge in [-0.15, -0.1) is 0 Å². The SMILES string of the molecule is OC(CCCc1ccccc1)c1ccc(C2CC2)cc1. The van der Waals surface area contributed by atoms with E-state index in [1.54, 1.807) is 0 Å². The third kappa shape index (κ3) is 3.49. The van der Waals surface area contributed by atoms with Crippen LogP contribution >= 0.6 is 0 Å². The maximum Gasteiger partial charge on any atom is 0.0790 e. The zero-order valence-corrected chi connectivity index (χ0v) is 11.8. The van der Waals surface area contributed by atoms with Gasteiger partial charge >= 0.3 is 0 Å². The van der Waals surface area contributed by atoms with Crippen LogP contribution in [0.3, 0.4) is 0 Å². The Morgan fingerprint density at radius 3 is 2.30 bits per heavy atom. The Kier molecular flexibility index (Phi) is 4.17. The Bertz CT molecular complexity index is 525. The van der Waals surface area contributed by atoms with E-state index in [1.807, 2.05) is 6.07 Å². The second-order valence-corrected chi connectivity index (χ2v) is 5.83. The summed E-state index contributed by atoms with van der Waals surface area (Å²) in [4.78, 5) is 0. The topological polar surface area (TPSA) is 20.2 Å². The number of aryl methyl sites for hydroxylation is 1. The van der Waals surface area contributed by atoms with E-state index >= 15 is 0 Å². The Hall–Kier alpha value is -1.60. The van der Waals surface area contributed by atoms with Gasteiger partial charge in [0.05, 0.1) is 6.10 Å². The lowest BCUT2D eigenvalue weighted by Crippen LogP contribution is -1.98. The van der Waals surface area contributed by atoms with Crippen molar-refractivity contribution in [3.05, 3.63) is 71.3 Å². The molecule has 0 radical (unpaired) electrons. The van der Waals surface area contributed by atoms with Crippen LogP contribution in [0.4, 0.5) is 0 Å². The molecule has 1 atom stereocenters. The normalized spacial score (nSPS) is 16.1. The van der Waals surface area contributed by atoms with Crippen molar-refractivity contribution in [2.45, 2.75) is 44.1 Å². The molecule has 1 aliphatic carbocycles. The molecule has 1 unspecified atom stereocenters. The summed E-state index contributed by atoms with van der Waals surface area (Å²) >= 11 is 0. The first-order valence-corrected chi connectivity index (χ1v) is 7.65. The van der Waals surface area contributed by atoms with E-state index in [9.17, 15) is 5.11 Å². The Balaban J connectivity index is 1.49. The second kappa shape index (κ2) is 6.23. The van der Waals surface area contributed by atoms with Gasteiger partial charge < -0.3 is 5.11 Å². The molecule has 104 valence electrons. The van der Waals surface area contributed by atoms with Crippen molar-refractivity contribution in [2.75, 3.05) is 0 Å². The van der Waals surface area contributed by atoms with Crippen LogP contribution in [0.2, 0.25) is 0 Å². The summed E-state index contributed by atoms with van der Waals surface area (Å²) in [6, 6.07) is 19.1. The summed E-state index contributed by atoms with van der Waals surface area (Å²) in [7, 11) is 0. The van der Waals surface area contributed by atoms with Crippen molar-refractivity contribution >= 4 is 0 Å². The molecule has 20 heavy (non-hydrogen) atoms. The summed E-state index contributed by atoms with van der Waals surface area (Å²) < 4.78 is 0. The van der Waals surface area contributed by atoms with Gasteiger partial charge in [-0.25, -0.2) is 0 Å². The fourth-order valence-corrected chi connectivity index (χ4v) is 2.72. The van der Waals surface area contributed by atoms with E-state index in [2.05, 4.69) is 48.5 Å². The van der Waals surface area contributed by atoms with Gasteiger partial charge in [-0.2, -0.15) is 0 Å². The zero-order chi connectivity index (χ0) is 13.8. The largest absolute Gasteiger partial charge is 0.388 e. The molecule has 0 heterocycles. The lowest BCUT2D eigenvalue weighted by molar-refractivity contribution is 0.164. The number of aliphatic hydroxyl groups is 1. The Morgan fingerprint density at radius 2 is 1.65 bits per heavy atom. The molecule has 2 aromatic carbocycles. The molecule has 0 aliphatic heterocycles. The Morgan fingerprint density at radius 1 is 0.950 bits per heavy atom. The molecule has 1 nitrogen and oxygen atoms in total. The number of rotatable bonds is 6. The van der Waals surface area contributed by atoms with E-state index in [1.165, 1.54) is 24.0 Å². The first-order valence-electron chi connectivity index (χ1n) is 7.65. The fourth-order valence-electron chi connectivity index (χ4n) is 2.72. The van der Waals surface area contributed by atoms with Crippen LogP contribution in [0.1, 0.15) is 54.4 Å². The van der Waals surface area contributed by atoms with Crippen LogP contribution < -0.4 is 0 Å².